The number of hydrogen-bond acceptors (Lipinski definition) is 4. The van der Waals surface area contributed by atoms with Crippen molar-refractivity contribution in [2.45, 2.75) is 26.3 Å². The lowest BCUT2D eigenvalue weighted by molar-refractivity contribution is 0.763. The minimum absolute atomic E-state index is 0.522. The van der Waals surface area contributed by atoms with E-state index in [9.17, 15) is 0 Å². The van der Waals surface area contributed by atoms with Crippen LogP contribution in [0.3, 0.4) is 0 Å². The Labute approximate surface area is 109 Å². The van der Waals surface area contributed by atoms with Gasteiger partial charge in [-0.2, -0.15) is 11.8 Å². The van der Waals surface area contributed by atoms with Crippen LogP contribution < -0.4 is 10.2 Å². The third kappa shape index (κ3) is 4.46. The highest BCUT2D eigenvalue weighted by atomic mass is 32.2. The Morgan fingerprint density at radius 2 is 2.24 bits per heavy atom. The summed E-state index contributed by atoms with van der Waals surface area (Å²) in [5.41, 5.74) is 2.28. The van der Waals surface area contributed by atoms with Gasteiger partial charge in [0, 0.05) is 25.4 Å². The van der Waals surface area contributed by atoms with Gasteiger partial charge < -0.3 is 10.2 Å². The second-order valence-corrected chi connectivity index (χ2v) is 5.18. The maximum absolute atomic E-state index is 4.29. The average molecular weight is 253 g/mol. The van der Waals surface area contributed by atoms with E-state index < -0.39 is 0 Å². The maximum Gasteiger partial charge on any atom is 0.0573 e. The van der Waals surface area contributed by atoms with Gasteiger partial charge in [-0.05, 0) is 25.7 Å². The van der Waals surface area contributed by atoms with Gasteiger partial charge in [0.1, 0.15) is 0 Å². The van der Waals surface area contributed by atoms with E-state index in [-0.39, 0.29) is 0 Å². The molecule has 0 aliphatic carbocycles. The van der Waals surface area contributed by atoms with Gasteiger partial charge in [0.05, 0.1) is 23.8 Å². The summed E-state index contributed by atoms with van der Waals surface area (Å²) in [5, 5.41) is 3.37. The van der Waals surface area contributed by atoms with E-state index in [4.69, 9.17) is 0 Å². The zero-order valence-corrected chi connectivity index (χ0v) is 12.0. The van der Waals surface area contributed by atoms with Gasteiger partial charge in [0.25, 0.3) is 0 Å². The molecule has 1 atom stereocenters. The predicted molar refractivity (Wildman–Crippen MR) is 79.3 cm³/mol. The van der Waals surface area contributed by atoms with Crippen LogP contribution in [-0.4, -0.2) is 36.6 Å². The number of pyridine rings is 1. The molecule has 0 fully saturated rings. The first kappa shape index (κ1) is 14.2. The number of nitrogens with zero attached hydrogens (tertiary/aromatic N) is 2. The second-order valence-electron chi connectivity index (χ2n) is 4.27. The molecule has 96 valence electrons. The third-order valence-corrected chi connectivity index (χ3v) is 3.59. The molecule has 1 aromatic heterocycles. The van der Waals surface area contributed by atoms with Crippen LogP contribution in [0.1, 0.15) is 20.3 Å². The number of thioether (sulfide) groups is 1. The summed E-state index contributed by atoms with van der Waals surface area (Å²) in [6, 6.07) is 2.69. The zero-order chi connectivity index (χ0) is 12.7. The van der Waals surface area contributed by atoms with Crippen molar-refractivity contribution in [2.24, 2.45) is 0 Å². The second kappa shape index (κ2) is 7.43. The number of aromatic nitrogens is 1. The van der Waals surface area contributed by atoms with Crippen LogP contribution in [0.4, 0.5) is 11.4 Å². The molecule has 0 aliphatic heterocycles. The van der Waals surface area contributed by atoms with Crippen molar-refractivity contribution in [2.75, 3.05) is 35.8 Å². The van der Waals surface area contributed by atoms with Crippen molar-refractivity contribution in [3.05, 3.63) is 18.5 Å². The molecule has 3 nitrogen and oxygen atoms in total. The van der Waals surface area contributed by atoms with Crippen molar-refractivity contribution in [3.8, 4) is 0 Å². The molecule has 0 spiro atoms. The summed E-state index contributed by atoms with van der Waals surface area (Å²) in [4.78, 5) is 6.57. The van der Waals surface area contributed by atoms with E-state index in [0.717, 1.165) is 24.4 Å². The van der Waals surface area contributed by atoms with Crippen molar-refractivity contribution in [1.82, 2.24) is 4.98 Å². The Hall–Kier alpha value is -0.900. The fourth-order valence-electron chi connectivity index (χ4n) is 1.59. The van der Waals surface area contributed by atoms with Crippen LogP contribution in [0.2, 0.25) is 0 Å². The zero-order valence-electron chi connectivity index (χ0n) is 11.2. The lowest BCUT2D eigenvalue weighted by atomic mass is 10.3. The van der Waals surface area contributed by atoms with Crippen molar-refractivity contribution >= 4 is 23.1 Å². The fraction of sp³-hybridized carbons (Fsp3) is 0.615. The molecular weight excluding hydrogens is 230 g/mol. The molecule has 1 aromatic rings. The molecule has 1 rings (SSSR count). The molecule has 4 heteroatoms. The average Bonchev–Trinajstić information content (AvgIpc) is 2.36. The van der Waals surface area contributed by atoms with Gasteiger partial charge in [-0.3, -0.25) is 4.98 Å². The summed E-state index contributed by atoms with van der Waals surface area (Å²) in [6.45, 7) is 5.40. The van der Waals surface area contributed by atoms with Crippen LogP contribution >= 0.6 is 11.8 Å². The van der Waals surface area contributed by atoms with Crippen LogP contribution in [0.15, 0.2) is 18.5 Å². The first-order chi connectivity index (χ1) is 8.19. The first-order valence-corrected chi connectivity index (χ1v) is 7.49. The number of hydrogen-bond donors (Lipinski definition) is 1. The van der Waals surface area contributed by atoms with Crippen molar-refractivity contribution in [1.29, 1.82) is 0 Å². The molecule has 0 bridgehead atoms. The molecule has 1 heterocycles. The summed E-state index contributed by atoms with van der Waals surface area (Å²) in [5.74, 6) is 1.13. The molecule has 0 aliphatic rings. The van der Waals surface area contributed by atoms with E-state index in [0.29, 0.717) is 6.04 Å². The highest BCUT2D eigenvalue weighted by Gasteiger charge is 2.09. The van der Waals surface area contributed by atoms with Gasteiger partial charge in [-0.25, -0.2) is 0 Å². The van der Waals surface area contributed by atoms with E-state index in [1.54, 1.807) is 0 Å². The van der Waals surface area contributed by atoms with Crippen LogP contribution in [-0.2, 0) is 0 Å². The lowest BCUT2D eigenvalue weighted by Gasteiger charge is -2.26. The minimum Gasteiger partial charge on any atom is -0.384 e. The Morgan fingerprint density at radius 1 is 1.47 bits per heavy atom. The van der Waals surface area contributed by atoms with Gasteiger partial charge in [-0.15, -0.1) is 0 Å². The molecule has 1 N–H and O–H groups in total. The Morgan fingerprint density at radius 3 is 2.88 bits per heavy atom. The third-order valence-electron chi connectivity index (χ3n) is 2.78. The van der Waals surface area contributed by atoms with E-state index in [2.05, 4.69) is 48.4 Å². The van der Waals surface area contributed by atoms with Gasteiger partial charge >= 0.3 is 0 Å². The topological polar surface area (TPSA) is 28.2 Å². The standard InChI is InChI=1S/C13H23N3S/c1-5-6-15-12-7-13(9-14-8-12)16(3)11(2)10-17-4/h7-9,11,15H,5-6,10H2,1-4H3. The lowest BCUT2D eigenvalue weighted by Crippen LogP contribution is -2.30. The largest absolute Gasteiger partial charge is 0.384 e. The van der Waals surface area contributed by atoms with Gasteiger partial charge in [-0.1, -0.05) is 6.92 Å². The molecule has 0 saturated carbocycles. The summed E-state index contributed by atoms with van der Waals surface area (Å²) in [7, 11) is 2.13. The van der Waals surface area contributed by atoms with E-state index in [1.165, 1.54) is 5.69 Å². The monoisotopic (exact) mass is 253 g/mol. The van der Waals surface area contributed by atoms with E-state index >= 15 is 0 Å². The Bertz CT molecular complexity index is 330. The summed E-state index contributed by atoms with van der Waals surface area (Å²) >= 11 is 1.87. The van der Waals surface area contributed by atoms with Crippen LogP contribution in [0, 0.1) is 0 Å². The minimum atomic E-state index is 0.522. The Kier molecular flexibility index (Phi) is 6.19. The Balaban J connectivity index is 2.69. The number of rotatable bonds is 7. The quantitative estimate of drug-likeness (QED) is 0.808. The molecular formula is C13H23N3S. The highest BCUT2D eigenvalue weighted by molar-refractivity contribution is 7.98. The highest BCUT2D eigenvalue weighted by Crippen LogP contribution is 2.19. The molecule has 1 unspecified atom stereocenters. The van der Waals surface area contributed by atoms with Crippen molar-refractivity contribution < 1.29 is 0 Å². The normalized spacial score (nSPS) is 12.2. The number of nitrogens with one attached hydrogen (secondary N) is 1. The predicted octanol–water partition coefficient (Wildman–Crippen LogP) is 3.09. The van der Waals surface area contributed by atoms with Gasteiger partial charge in [0.15, 0.2) is 0 Å². The molecule has 17 heavy (non-hydrogen) atoms. The van der Waals surface area contributed by atoms with Crippen LogP contribution in [0.5, 0.6) is 0 Å². The van der Waals surface area contributed by atoms with Gasteiger partial charge in [0.2, 0.25) is 0 Å². The summed E-state index contributed by atoms with van der Waals surface area (Å²) in [6.07, 6.45) is 7.07. The van der Waals surface area contributed by atoms with E-state index in [1.807, 2.05) is 24.2 Å². The smallest absolute Gasteiger partial charge is 0.0573 e. The SMILES string of the molecule is CCCNc1cncc(N(C)C(C)CSC)c1. The molecule has 0 amide bonds. The first-order valence-electron chi connectivity index (χ1n) is 6.09. The van der Waals surface area contributed by atoms with Crippen molar-refractivity contribution in [3.63, 3.8) is 0 Å². The molecule has 0 aromatic carbocycles. The maximum atomic E-state index is 4.29. The number of anilines is 2. The summed E-state index contributed by atoms with van der Waals surface area (Å²) < 4.78 is 0. The molecule has 0 saturated heterocycles. The van der Waals surface area contributed by atoms with Crippen LogP contribution in [0.25, 0.3) is 0 Å². The fourth-order valence-corrected chi connectivity index (χ4v) is 2.30. The molecule has 0 radical (unpaired) electrons.